The third kappa shape index (κ3) is 6.24. The van der Waals surface area contributed by atoms with E-state index in [1.165, 1.54) is 0 Å². The number of aromatic amines is 1. The molecule has 1 unspecified atom stereocenters. The highest BCUT2D eigenvalue weighted by Crippen LogP contribution is 2.28. The predicted octanol–water partition coefficient (Wildman–Crippen LogP) is 0.447. The summed E-state index contributed by atoms with van der Waals surface area (Å²) in [5.41, 5.74) is 2.75. The molecule has 156 valence electrons. The normalized spacial score (nSPS) is 12.3. The summed E-state index contributed by atoms with van der Waals surface area (Å²) in [6, 6.07) is 15.0. The second kappa shape index (κ2) is 9.81. The molecule has 0 spiro atoms. The Hall–Kier alpha value is -2.50. The maximum absolute atomic E-state index is 12.5. The number of aryl methyl sites for hydroxylation is 1. The van der Waals surface area contributed by atoms with Crippen LogP contribution in [0.3, 0.4) is 0 Å². The van der Waals surface area contributed by atoms with Crippen LogP contribution in [0.25, 0.3) is 10.9 Å². The summed E-state index contributed by atoms with van der Waals surface area (Å²) in [7, 11) is 0. The van der Waals surface area contributed by atoms with E-state index in [1.54, 1.807) is 12.1 Å². The van der Waals surface area contributed by atoms with Crippen LogP contribution in [0.15, 0.2) is 54.7 Å². The number of quaternary nitrogens is 1. The molecule has 0 saturated carbocycles. The summed E-state index contributed by atoms with van der Waals surface area (Å²) < 4.78 is 11.9. The molecule has 3 aromatic rings. The van der Waals surface area contributed by atoms with Crippen LogP contribution in [0, 0.1) is 6.92 Å². The molecular weight excluding hydrogens is 388 g/mol. The van der Waals surface area contributed by atoms with Gasteiger partial charge in [-0.05, 0) is 57.5 Å². The van der Waals surface area contributed by atoms with E-state index in [0.29, 0.717) is 18.7 Å². The lowest BCUT2D eigenvalue weighted by molar-refractivity contribution is -0.721. The van der Waals surface area contributed by atoms with Crippen molar-refractivity contribution in [3.05, 3.63) is 65.9 Å². The fraction of sp³-hybridized carbons (Fsp3) is 0.348. The first-order valence-corrected chi connectivity index (χ1v) is 9.63. The number of nitrogens with two attached hydrogens (primary N) is 1. The van der Waals surface area contributed by atoms with Crippen molar-refractivity contribution in [2.75, 3.05) is 13.2 Å². The third-order valence-electron chi connectivity index (χ3n) is 4.57. The van der Waals surface area contributed by atoms with E-state index < -0.39 is 0 Å². The zero-order chi connectivity index (χ0) is 20.1. The molecule has 0 aliphatic rings. The minimum absolute atomic E-state index is 0. The van der Waals surface area contributed by atoms with E-state index in [-0.39, 0.29) is 30.0 Å². The molecule has 2 aromatic carbocycles. The summed E-state index contributed by atoms with van der Waals surface area (Å²) in [4.78, 5) is 15.8. The molecule has 0 aliphatic heterocycles. The second-order valence-corrected chi connectivity index (χ2v) is 8.16. The number of hydrogen-bond donors (Lipinski definition) is 2. The van der Waals surface area contributed by atoms with Crippen molar-refractivity contribution in [2.45, 2.75) is 39.3 Å². The minimum atomic E-state index is -0.360. The van der Waals surface area contributed by atoms with Gasteiger partial charge in [-0.25, -0.2) is 4.79 Å². The largest absolute Gasteiger partial charge is 1.00 e. The van der Waals surface area contributed by atoms with Crippen LogP contribution in [-0.4, -0.2) is 35.7 Å². The van der Waals surface area contributed by atoms with Gasteiger partial charge in [-0.15, -0.1) is 0 Å². The van der Waals surface area contributed by atoms with Crippen molar-refractivity contribution in [2.24, 2.45) is 0 Å². The maximum atomic E-state index is 12.5. The highest BCUT2D eigenvalue weighted by Gasteiger charge is 2.23. The van der Waals surface area contributed by atoms with E-state index >= 15 is 0 Å². The standard InChI is InChI=1S/C23H28N2O3.ClH/c1-16-13-24-19-11-8-12-20(21(16)19)27-15-18(14-25-23(2,3)4)28-22(26)17-9-6-5-7-10-17;/h5-13,18,24-25H,14-15H2,1-4H3;1H. The van der Waals surface area contributed by atoms with Crippen molar-refractivity contribution in [1.29, 1.82) is 0 Å². The molecule has 1 heterocycles. The number of ether oxygens (including phenoxy) is 2. The second-order valence-electron chi connectivity index (χ2n) is 8.16. The van der Waals surface area contributed by atoms with Crippen LogP contribution < -0.4 is 22.5 Å². The van der Waals surface area contributed by atoms with Crippen LogP contribution in [-0.2, 0) is 4.74 Å². The number of halogens is 1. The van der Waals surface area contributed by atoms with Gasteiger partial charge < -0.3 is 32.2 Å². The number of hydrogen-bond acceptors (Lipinski definition) is 3. The summed E-state index contributed by atoms with van der Waals surface area (Å²) in [5.74, 6) is 0.473. The van der Waals surface area contributed by atoms with Crippen molar-refractivity contribution in [3.8, 4) is 5.75 Å². The van der Waals surface area contributed by atoms with Gasteiger partial charge >= 0.3 is 5.97 Å². The number of aromatic nitrogens is 1. The van der Waals surface area contributed by atoms with Gasteiger partial charge in [0.1, 0.15) is 18.9 Å². The van der Waals surface area contributed by atoms with Crippen LogP contribution in [0.1, 0.15) is 36.7 Å². The number of benzene rings is 2. The molecule has 3 rings (SSSR count). The van der Waals surface area contributed by atoms with E-state index in [4.69, 9.17) is 9.47 Å². The Morgan fingerprint density at radius 2 is 1.83 bits per heavy atom. The van der Waals surface area contributed by atoms with Gasteiger partial charge in [0, 0.05) is 17.1 Å². The molecule has 0 saturated heterocycles. The van der Waals surface area contributed by atoms with Gasteiger partial charge in [0.25, 0.3) is 0 Å². The van der Waals surface area contributed by atoms with E-state index in [1.807, 2.05) is 49.5 Å². The van der Waals surface area contributed by atoms with Gasteiger partial charge in [-0.1, -0.05) is 24.3 Å². The number of carbonyl (C=O) groups is 1. The first-order chi connectivity index (χ1) is 13.3. The van der Waals surface area contributed by atoms with Crippen LogP contribution >= 0.6 is 0 Å². The van der Waals surface area contributed by atoms with Gasteiger partial charge in [0.15, 0.2) is 6.10 Å². The van der Waals surface area contributed by atoms with E-state index in [2.05, 4.69) is 31.1 Å². The van der Waals surface area contributed by atoms with Gasteiger partial charge in [0.2, 0.25) is 0 Å². The van der Waals surface area contributed by atoms with E-state index in [9.17, 15) is 4.79 Å². The quantitative estimate of drug-likeness (QED) is 0.549. The lowest BCUT2D eigenvalue weighted by Crippen LogP contribution is -3.00. The van der Waals surface area contributed by atoms with Crippen LogP contribution in [0.2, 0.25) is 0 Å². The number of nitrogens with one attached hydrogen (secondary N) is 1. The zero-order valence-electron chi connectivity index (χ0n) is 17.4. The molecule has 0 amide bonds. The molecule has 0 fully saturated rings. The molecule has 0 bridgehead atoms. The topological polar surface area (TPSA) is 67.9 Å². The molecule has 5 nitrogen and oxygen atoms in total. The predicted molar refractivity (Wildman–Crippen MR) is 111 cm³/mol. The molecular formula is C23H29ClN2O3. The number of rotatable bonds is 7. The van der Waals surface area contributed by atoms with Crippen molar-refractivity contribution < 1.29 is 32.0 Å². The molecule has 1 aromatic heterocycles. The first kappa shape index (κ1) is 22.8. The lowest BCUT2D eigenvalue weighted by atomic mass is 10.1. The molecule has 3 N–H and O–H groups in total. The number of H-pyrrole nitrogens is 1. The van der Waals surface area contributed by atoms with Crippen molar-refractivity contribution >= 4 is 16.9 Å². The van der Waals surface area contributed by atoms with Gasteiger partial charge in [-0.3, -0.25) is 0 Å². The highest BCUT2D eigenvalue weighted by atomic mass is 35.5. The monoisotopic (exact) mass is 416 g/mol. The Bertz CT molecular complexity index is 932. The summed E-state index contributed by atoms with van der Waals surface area (Å²) in [5, 5.41) is 3.23. The summed E-state index contributed by atoms with van der Waals surface area (Å²) in [6.45, 7) is 9.38. The van der Waals surface area contributed by atoms with E-state index in [0.717, 1.165) is 22.2 Å². The third-order valence-corrected chi connectivity index (χ3v) is 4.57. The molecule has 0 radical (unpaired) electrons. The Kier molecular flexibility index (Phi) is 7.71. The summed E-state index contributed by atoms with van der Waals surface area (Å²) in [6.07, 6.45) is 1.61. The first-order valence-electron chi connectivity index (χ1n) is 9.63. The average Bonchev–Trinajstić information content (AvgIpc) is 3.05. The number of fused-ring (bicyclic) bond motifs is 1. The summed E-state index contributed by atoms with van der Waals surface area (Å²) >= 11 is 0. The molecule has 0 aliphatic carbocycles. The Morgan fingerprint density at radius 1 is 1.10 bits per heavy atom. The zero-order valence-corrected chi connectivity index (χ0v) is 18.1. The maximum Gasteiger partial charge on any atom is 0.338 e. The minimum Gasteiger partial charge on any atom is -1.00 e. The fourth-order valence-electron chi connectivity index (χ4n) is 3.05. The average molecular weight is 417 g/mol. The Labute approximate surface area is 178 Å². The SMILES string of the molecule is Cc1c[nH]c2cccc(OCC(C[NH2+]C(C)(C)C)OC(=O)c3ccccc3)c12.[Cl-]. The number of carbonyl (C=O) groups excluding carboxylic acids is 1. The van der Waals surface area contributed by atoms with Gasteiger partial charge in [-0.2, -0.15) is 0 Å². The Balaban J connectivity index is 0.00000300. The smallest absolute Gasteiger partial charge is 0.338 e. The highest BCUT2D eigenvalue weighted by molar-refractivity contribution is 5.90. The molecule has 29 heavy (non-hydrogen) atoms. The molecule has 1 atom stereocenters. The van der Waals surface area contributed by atoms with Gasteiger partial charge in [0.05, 0.1) is 11.1 Å². The Morgan fingerprint density at radius 3 is 2.52 bits per heavy atom. The van der Waals surface area contributed by atoms with Crippen molar-refractivity contribution in [3.63, 3.8) is 0 Å². The fourth-order valence-corrected chi connectivity index (χ4v) is 3.05. The lowest BCUT2D eigenvalue weighted by Gasteiger charge is -2.23. The van der Waals surface area contributed by atoms with Crippen molar-refractivity contribution in [1.82, 2.24) is 4.98 Å². The molecule has 6 heteroatoms. The van der Waals surface area contributed by atoms with Crippen LogP contribution in [0.4, 0.5) is 0 Å². The van der Waals surface area contributed by atoms with Crippen LogP contribution in [0.5, 0.6) is 5.75 Å². The number of esters is 1.